The van der Waals surface area contributed by atoms with E-state index in [1.807, 2.05) is 0 Å². The molecular weight excluding hydrogens is 323 g/mol. The number of phenolic OH excluding ortho intramolecular Hbond substituents is 2. The zero-order valence-electron chi connectivity index (χ0n) is 12.0. The van der Waals surface area contributed by atoms with Crippen LogP contribution < -0.4 is 5.30 Å². The number of benzene rings is 2. The van der Waals surface area contributed by atoms with Crippen LogP contribution in [0.15, 0.2) is 42.5 Å². The predicted molar refractivity (Wildman–Crippen MR) is 82.3 cm³/mol. The van der Waals surface area contributed by atoms with Gasteiger partial charge in [0.25, 0.3) is 0 Å². The number of phenols is 2. The lowest BCUT2D eigenvalue weighted by Gasteiger charge is -2.25. The standard InChI is InChI=1S/C15H17O7P/c16-11-3-1-10(2-4-11)7-8-15(18,19)13-9-12(17)5-6-14(13)23(20,21)22/h1-6,9,16-19H,7-8H2,(H2,20,21,22). The summed E-state index contributed by atoms with van der Waals surface area (Å²) in [5, 5.41) is 38.6. The highest BCUT2D eigenvalue weighted by atomic mass is 31.2. The molecule has 0 radical (unpaired) electrons. The van der Waals surface area contributed by atoms with Crippen LogP contribution in [0.1, 0.15) is 17.5 Å². The van der Waals surface area contributed by atoms with Crippen molar-refractivity contribution in [3.8, 4) is 11.5 Å². The first-order chi connectivity index (χ1) is 10.6. The van der Waals surface area contributed by atoms with Gasteiger partial charge in [0.15, 0.2) is 5.79 Å². The molecule has 0 bridgehead atoms. The van der Waals surface area contributed by atoms with Gasteiger partial charge in [-0.1, -0.05) is 12.1 Å². The molecule has 0 aliphatic rings. The third-order valence-corrected chi connectivity index (χ3v) is 4.44. The lowest BCUT2D eigenvalue weighted by molar-refractivity contribution is -0.173. The molecular formula is C15H17O7P. The smallest absolute Gasteiger partial charge is 0.356 e. The molecule has 8 heteroatoms. The van der Waals surface area contributed by atoms with E-state index in [1.54, 1.807) is 12.1 Å². The van der Waals surface area contributed by atoms with Gasteiger partial charge in [-0.05, 0) is 42.3 Å². The van der Waals surface area contributed by atoms with Crippen LogP contribution in [0.3, 0.4) is 0 Å². The van der Waals surface area contributed by atoms with Crippen molar-refractivity contribution < 1.29 is 34.8 Å². The fourth-order valence-electron chi connectivity index (χ4n) is 2.21. The van der Waals surface area contributed by atoms with E-state index in [4.69, 9.17) is 0 Å². The minimum atomic E-state index is -4.74. The Labute approximate surface area is 132 Å². The van der Waals surface area contributed by atoms with Crippen LogP contribution in [0.4, 0.5) is 0 Å². The molecule has 2 aromatic carbocycles. The van der Waals surface area contributed by atoms with Crippen molar-refractivity contribution in [2.45, 2.75) is 18.6 Å². The molecule has 0 amide bonds. The lowest BCUT2D eigenvalue weighted by Crippen LogP contribution is -2.32. The number of hydrogen-bond acceptors (Lipinski definition) is 5. The lowest BCUT2D eigenvalue weighted by atomic mass is 9.97. The second-order valence-corrected chi connectivity index (χ2v) is 6.80. The van der Waals surface area contributed by atoms with Crippen LogP contribution in [0, 0.1) is 0 Å². The summed E-state index contributed by atoms with van der Waals surface area (Å²) in [4.78, 5) is 18.6. The second kappa shape index (κ2) is 6.31. The van der Waals surface area contributed by atoms with Crippen molar-refractivity contribution in [3.63, 3.8) is 0 Å². The molecule has 0 aliphatic carbocycles. The van der Waals surface area contributed by atoms with Gasteiger partial charge in [0.1, 0.15) is 11.5 Å². The third kappa shape index (κ3) is 4.31. The number of aliphatic hydroxyl groups is 2. The van der Waals surface area contributed by atoms with Gasteiger partial charge < -0.3 is 30.2 Å². The quantitative estimate of drug-likeness (QED) is 0.347. The fourth-order valence-corrected chi connectivity index (χ4v) is 3.04. The highest BCUT2D eigenvalue weighted by Gasteiger charge is 2.34. The van der Waals surface area contributed by atoms with Gasteiger partial charge in [-0.2, -0.15) is 0 Å². The molecule has 2 aromatic rings. The molecule has 0 fully saturated rings. The number of aromatic hydroxyl groups is 2. The summed E-state index contributed by atoms with van der Waals surface area (Å²) in [6.45, 7) is 0. The largest absolute Gasteiger partial charge is 0.508 e. The van der Waals surface area contributed by atoms with Gasteiger partial charge in [-0.25, -0.2) is 0 Å². The molecule has 0 atom stereocenters. The minimum absolute atomic E-state index is 0.0739. The average Bonchev–Trinajstić information content (AvgIpc) is 2.45. The van der Waals surface area contributed by atoms with E-state index >= 15 is 0 Å². The minimum Gasteiger partial charge on any atom is -0.508 e. The van der Waals surface area contributed by atoms with Crippen molar-refractivity contribution in [2.24, 2.45) is 0 Å². The number of rotatable bonds is 5. The predicted octanol–water partition coefficient (Wildman–Crippen LogP) is 0.671. The number of hydrogen-bond donors (Lipinski definition) is 6. The summed E-state index contributed by atoms with van der Waals surface area (Å²) in [6, 6.07) is 9.03. The Kier molecular flexibility index (Phi) is 4.79. The van der Waals surface area contributed by atoms with Gasteiger partial charge >= 0.3 is 7.60 Å². The van der Waals surface area contributed by atoms with Crippen LogP contribution in [-0.2, 0) is 16.8 Å². The van der Waals surface area contributed by atoms with Crippen LogP contribution >= 0.6 is 7.60 Å². The fraction of sp³-hybridized carbons (Fsp3) is 0.200. The van der Waals surface area contributed by atoms with Gasteiger partial charge in [-0.15, -0.1) is 0 Å². The summed E-state index contributed by atoms with van der Waals surface area (Å²) >= 11 is 0. The highest BCUT2D eigenvalue weighted by molar-refractivity contribution is 7.60. The van der Waals surface area contributed by atoms with E-state index < -0.39 is 24.3 Å². The molecule has 0 aliphatic heterocycles. The Bertz CT molecular complexity index is 734. The second-order valence-electron chi connectivity index (χ2n) is 5.23. The van der Waals surface area contributed by atoms with Gasteiger partial charge in [0.05, 0.1) is 5.30 Å². The Balaban J connectivity index is 2.30. The van der Waals surface area contributed by atoms with E-state index in [0.717, 1.165) is 18.2 Å². The Hall–Kier alpha value is -1.89. The van der Waals surface area contributed by atoms with Gasteiger partial charge in [-0.3, -0.25) is 4.57 Å². The maximum absolute atomic E-state index is 11.5. The Morgan fingerprint density at radius 2 is 1.48 bits per heavy atom. The van der Waals surface area contributed by atoms with E-state index in [0.29, 0.717) is 5.56 Å². The summed E-state index contributed by atoms with van der Waals surface area (Å²) < 4.78 is 11.5. The molecule has 7 nitrogen and oxygen atoms in total. The van der Waals surface area contributed by atoms with E-state index in [2.05, 4.69) is 0 Å². The first kappa shape index (κ1) is 17.5. The molecule has 124 valence electrons. The van der Waals surface area contributed by atoms with Crippen molar-refractivity contribution >= 4 is 12.9 Å². The van der Waals surface area contributed by atoms with Crippen molar-refractivity contribution in [3.05, 3.63) is 53.6 Å². The van der Waals surface area contributed by atoms with Crippen molar-refractivity contribution in [2.75, 3.05) is 0 Å². The highest BCUT2D eigenvalue weighted by Crippen LogP contribution is 2.39. The molecule has 0 aromatic heterocycles. The van der Waals surface area contributed by atoms with Crippen molar-refractivity contribution in [1.29, 1.82) is 0 Å². The van der Waals surface area contributed by atoms with Crippen LogP contribution in [-0.4, -0.2) is 30.2 Å². The summed E-state index contributed by atoms with van der Waals surface area (Å²) in [6.07, 6.45) is -0.0717. The summed E-state index contributed by atoms with van der Waals surface area (Å²) in [7, 11) is -4.74. The first-order valence-corrected chi connectivity index (χ1v) is 8.33. The zero-order valence-corrected chi connectivity index (χ0v) is 12.9. The normalized spacial score (nSPS) is 12.3. The van der Waals surface area contributed by atoms with E-state index in [9.17, 15) is 34.8 Å². The Morgan fingerprint density at radius 3 is 2.04 bits per heavy atom. The molecule has 6 N–H and O–H groups in total. The topological polar surface area (TPSA) is 138 Å². The maximum atomic E-state index is 11.5. The SMILES string of the molecule is O=P(O)(O)c1ccc(O)cc1C(O)(O)CCc1ccc(O)cc1. The monoisotopic (exact) mass is 340 g/mol. The van der Waals surface area contributed by atoms with Gasteiger partial charge in [0.2, 0.25) is 0 Å². The van der Waals surface area contributed by atoms with Crippen LogP contribution in [0.25, 0.3) is 0 Å². The molecule has 0 spiro atoms. The zero-order chi connectivity index (χ0) is 17.3. The molecule has 0 saturated heterocycles. The third-order valence-electron chi connectivity index (χ3n) is 3.42. The van der Waals surface area contributed by atoms with Crippen molar-refractivity contribution in [1.82, 2.24) is 0 Å². The van der Waals surface area contributed by atoms with E-state index in [1.165, 1.54) is 12.1 Å². The first-order valence-electron chi connectivity index (χ1n) is 6.72. The van der Waals surface area contributed by atoms with Crippen LogP contribution in [0.5, 0.6) is 11.5 Å². The molecule has 2 rings (SSSR count). The summed E-state index contributed by atoms with van der Waals surface area (Å²) in [5.74, 6) is -2.80. The molecule has 23 heavy (non-hydrogen) atoms. The molecule has 0 saturated carbocycles. The van der Waals surface area contributed by atoms with E-state index in [-0.39, 0.29) is 24.3 Å². The van der Waals surface area contributed by atoms with Gasteiger partial charge in [0, 0.05) is 12.0 Å². The Morgan fingerprint density at radius 1 is 0.913 bits per heavy atom. The molecule has 0 unspecified atom stereocenters. The maximum Gasteiger partial charge on any atom is 0.356 e. The number of aryl methyl sites for hydroxylation is 1. The van der Waals surface area contributed by atoms with Crippen LogP contribution in [0.2, 0.25) is 0 Å². The molecule has 0 heterocycles. The average molecular weight is 340 g/mol. The summed E-state index contributed by atoms with van der Waals surface area (Å²) in [5.41, 5.74) is 0.262.